The van der Waals surface area contributed by atoms with Crippen molar-refractivity contribution in [2.75, 3.05) is 11.9 Å². The van der Waals surface area contributed by atoms with Crippen LogP contribution in [0.1, 0.15) is 34.5 Å². The standard InChI is InChI=1S/C17H16F3N3O3/c18-17(19,20)14-12(9-21-23-14)7-8-26-16(25)11-3-5-13(6-4-11)22-15(24)10-1-2-10/h3-6,9-10H,1-2,7-8H2,(H,21,23)(H,22,24). The highest BCUT2D eigenvalue weighted by molar-refractivity contribution is 5.95. The largest absolute Gasteiger partial charge is 0.462 e. The molecular formula is C17H16F3N3O3. The Balaban J connectivity index is 1.50. The van der Waals surface area contributed by atoms with E-state index in [1.807, 2.05) is 5.10 Å². The minimum Gasteiger partial charge on any atom is -0.462 e. The highest BCUT2D eigenvalue weighted by atomic mass is 19.4. The summed E-state index contributed by atoms with van der Waals surface area (Å²) in [7, 11) is 0. The van der Waals surface area contributed by atoms with Crippen LogP contribution in [0.4, 0.5) is 18.9 Å². The molecule has 0 bridgehead atoms. The number of aromatic amines is 1. The van der Waals surface area contributed by atoms with Crippen molar-refractivity contribution in [2.45, 2.75) is 25.4 Å². The number of esters is 1. The fourth-order valence-corrected chi connectivity index (χ4v) is 2.36. The van der Waals surface area contributed by atoms with Gasteiger partial charge < -0.3 is 10.1 Å². The summed E-state index contributed by atoms with van der Waals surface area (Å²) in [5.41, 5.74) is -0.183. The molecule has 0 radical (unpaired) electrons. The minimum absolute atomic E-state index is 0.0408. The molecular weight excluding hydrogens is 351 g/mol. The molecule has 0 unspecified atom stereocenters. The number of ether oxygens (including phenoxy) is 1. The molecule has 138 valence electrons. The second-order valence-electron chi connectivity index (χ2n) is 5.99. The van der Waals surface area contributed by atoms with Crippen LogP contribution >= 0.6 is 0 Å². The molecule has 1 aliphatic rings. The zero-order valence-electron chi connectivity index (χ0n) is 13.6. The topological polar surface area (TPSA) is 84.1 Å². The van der Waals surface area contributed by atoms with E-state index in [2.05, 4.69) is 10.4 Å². The van der Waals surface area contributed by atoms with Crippen LogP contribution in [-0.4, -0.2) is 28.7 Å². The summed E-state index contributed by atoms with van der Waals surface area (Å²) in [5, 5.41) is 8.02. The van der Waals surface area contributed by atoms with Gasteiger partial charge in [-0.05, 0) is 37.1 Å². The Kier molecular flexibility index (Phi) is 4.97. The van der Waals surface area contributed by atoms with Gasteiger partial charge in [-0.2, -0.15) is 18.3 Å². The van der Waals surface area contributed by atoms with Crippen LogP contribution < -0.4 is 5.32 Å². The predicted octanol–water partition coefficient (Wildman–Crippen LogP) is 3.18. The van der Waals surface area contributed by atoms with Crippen molar-refractivity contribution in [1.82, 2.24) is 10.2 Å². The molecule has 6 nitrogen and oxygen atoms in total. The molecule has 1 heterocycles. The SMILES string of the molecule is O=C(OCCc1cn[nH]c1C(F)(F)F)c1ccc(NC(=O)C2CC2)cc1. The summed E-state index contributed by atoms with van der Waals surface area (Å²) in [6.07, 6.45) is -1.79. The number of hydrogen-bond donors (Lipinski definition) is 2. The van der Waals surface area contributed by atoms with Gasteiger partial charge in [-0.3, -0.25) is 9.89 Å². The lowest BCUT2D eigenvalue weighted by Gasteiger charge is -2.08. The van der Waals surface area contributed by atoms with Crippen molar-refractivity contribution in [2.24, 2.45) is 5.92 Å². The number of benzene rings is 1. The fraction of sp³-hybridized carbons (Fsp3) is 0.353. The summed E-state index contributed by atoms with van der Waals surface area (Å²) in [6.45, 7) is -0.207. The van der Waals surface area contributed by atoms with Gasteiger partial charge in [0.15, 0.2) is 0 Å². The van der Waals surface area contributed by atoms with Gasteiger partial charge >= 0.3 is 12.1 Å². The highest BCUT2D eigenvalue weighted by Gasteiger charge is 2.35. The maximum Gasteiger partial charge on any atom is 0.433 e. The number of hydrogen-bond acceptors (Lipinski definition) is 4. The van der Waals surface area contributed by atoms with Crippen molar-refractivity contribution < 1.29 is 27.5 Å². The van der Waals surface area contributed by atoms with E-state index in [1.54, 1.807) is 12.1 Å². The molecule has 2 N–H and O–H groups in total. The molecule has 0 saturated heterocycles. The molecule has 1 aromatic heterocycles. The summed E-state index contributed by atoms with van der Waals surface area (Å²) in [6, 6.07) is 6.14. The minimum atomic E-state index is -4.53. The van der Waals surface area contributed by atoms with E-state index in [0.29, 0.717) is 5.69 Å². The zero-order valence-corrected chi connectivity index (χ0v) is 13.6. The Hall–Kier alpha value is -2.84. The zero-order chi connectivity index (χ0) is 18.7. The molecule has 1 saturated carbocycles. The highest BCUT2D eigenvalue weighted by Crippen LogP contribution is 2.31. The molecule has 0 spiro atoms. The molecule has 9 heteroatoms. The molecule has 3 rings (SSSR count). The van der Waals surface area contributed by atoms with Crippen LogP contribution in [-0.2, 0) is 22.1 Å². The number of rotatable bonds is 6. The smallest absolute Gasteiger partial charge is 0.433 e. The van der Waals surface area contributed by atoms with E-state index >= 15 is 0 Å². The molecule has 1 aromatic carbocycles. The van der Waals surface area contributed by atoms with Crippen LogP contribution in [0.3, 0.4) is 0 Å². The first-order chi connectivity index (χ1) is 12.3. The number of carbonyl (C=O) groups is 2. The second kappa shape index (κ2) is 7.19. The number of amides is 1. The first-order valence-electron chi connectivity index (χ1n) is 8.02. The Bertz CT molecular complexity index is 796. The maximum atomic E-state index is 12.7. The average Bonchev–Trinajstić information content (AvgIpc) is 3.33. The maximum absolute atomic E-state index is 12.7. The Morgan fingerprint density at radius 1 is 1.23 bits per heavy atom. The number of nitrogens with zero attached hydrogens (tertiary/aromatic N) is 1. The lowest BCUT2D eigenvalue weighted by molar-refractivity contribution is -0.141. The van der Waals surface area contributed by atoms with Crippen LogP contribution in [0.5, 0.6) is 0 Å². The summed E-state index contributed by atoms with van der Waals surface area (Å²) >= 11 is 0. The third kappa shape index (κ3) is 4.41. The summed E-state index contributed by atoms with van der Waals surface area (Å²) in [4.78, 5) is 23.6. The monoisotopic (exact) mass is 367 g/mol. The van der Waals surface area contributed by atoms with Crippen molar-refractivity contribution in [3.05, 3.63) is 47.3 Å². The Morgan fingerprint density at radius 3 is 2.54 bits per heavy atom. The van der Waals surface area contributed by atoms with Crippen LogP contribution in [0.15, 0.2) is 30.5 Å². The quantitative estimate of drug-likeness (QED) is 0.768. The lowest BCUT2D eigenvalue weighted by atomic mass is 10.2. The molecule has 2 aromatic rings. The third-order valence-electron chi connectivity index (χ3n) is 3.94. The normalized spacial score (nSPS) is 14.1. The molecule has 1 aliphatic carbocycles. The van der Waals surface area contributed by atoms with E-state index in [0.717, 1.165) is 19.0 Å². The molecule has 1 fully saturated rings. The van der Waals surface area contributed by atoms with Gasteiger partial charge in [0.05, 0.1) is 18.4 Å². The van der Waals surface area contributed by atoms with Crippen molar-refractivity contribution >= 4 is 17.6 Å². The van der Waals surface area contributed by atoms with Crippen molar-refractivity contribution in [1.29, 1.82) is 0 Å². The Morgan fingerprint density at radius 2 is 1.92 bits per heavy atom. The fourth-order valence-electron chi connectivity index (χ4n) is 2.36. The lowest BCUT2D eigenvalue weighted by Crippen LogP contribution is -2.14. The number of halogens is 3. The van der Waals surface area contributed by atoms with Gasteiger partial charge in [-0.15, -0.1) is 0 Å². The molecule has 26 heavy (non-hydrogen) atoms. The number of H-pyrrole nitrogens is 1. The van der Waals surface area contributed by atoms with Crippen LogP contribution in [0.25, 0.3) is 0 Å². The number of anilines is 1. The summed E-state index contributed by atoms with van der Waals surface area (Å²) < 4.78 is 43.1. The average molecular weight is 367 g/mol. The molecule has 1 amide bonds. The first kappa shape index (κ1) is 18.0. The van der Waals surface area contributed by atoms with E-state index in [4.69, 9.17) is 4.74 Å². The summed E-state index contributed by atoms with van der Waals surface area (Å²) in [5.74, 6) is -0.618. The van der Waals surface area contributed by atoms with Gasteiger partial charge in [-0.25, -0.2) is 4.79 Å². The van der Waals surface area contributed by atoms with Gasteiger partial charge in [0.1, 0.15) is 5.69 Å². The molecule has 0 atom stereocenters. The second-order valence-corrected chi connectivity index (χ2v) is 5.99. The number of nitrogens with one attached hydrogen (secondary N) is 2. The van der Waals surface area contributed by atoms with E-state index in [9.17, 15) is 22.8 Å². The number of carbonyl (C=O) groups excluding carboxylic acids is 2. The van der Waals surface area contributed by atoms with Gasteiger partial charge in [-0.1, -0.05) is 0 Å². The van der Waals surface area contributed by atoms with Crippen molar-refractivity contribution in [3.63, 3.8) is 0 Å². The number of aromatic nitrogens is 2. The van der Waals surface area contributed by atoms with E-state index in [1.165, 1.54) is 12.1 Å². The van der Waals surface area contributed by atoms with Gasteiger partial charge in [0.2, 0.25) is 5.91 Å². The van der Waals surface area contributed by atoms with Crippen molar-refractivity contribution in [3.8, 4) is 0 Å². The van der Waals surface area contributed by atoms with Gasteiger partial charge in [0.25, 0.3) is 0 Å². The van der Waals surface area contributed by atoms with E-state index < -0.39 is 17.8 Å². The predicted molar refractivity (Wildman–Crippen MR) is 85.4 cm³/mol. The first-order valence-corrected chi connectivity index (χ1v) is 8.02. The third-order valence-corrected chi connectivity index (χ3v) is 3.94. The van der Waals surface area contributed by atoms with Gasteiger partial charge in [0, 0.05) is 23.6 Å². The molecule has 0 aliphatic heterocycles. The number of alkyl halides is 3. The van der Waals surface area contributed by atoms with Crippen LogP contribution in [0, 0.1) is 5.92 Å². The van der Waals surface area contributed by atoms with E-state index in [-0.39, 0.29) is 36.0 Å². The Labute approximate surface area is 146 Å². The van der Waals surface area contributed by atoms with Crippen LogP contribution in [0.2, 0.25) is 0 Å².